The van der Waals surface area contributed by atoms with Crippen molar-refractivity contribution < 1.29 is 17.2 Å². The molecule has 1 unspecified atom stereocenters. The molecule has 0 bridgehead atoms. The Morgan fingerprint density at radius 2 is 2.15 bits per heavy atom. The van der Waals surface area contributed by atoms with E-state index in [0.717, 1.165) is 12.5 Å². The van der Waals surface area contributed by atoms with Gasteiger partial charge in [-0.2, -0.15) is 12.7 Å². The van der Waals surface area contributed by atoms with Gasteiger partial charge in [-0.15, -0.1) is 0 Å². The van der Waals surface area contributed by atoms with E-state index in [9.17, 15) is 17.2 Å². The number of anilines is 1. The standard InChI is InChI=1S/C12H17F2N3O2S/c13-10-4-1-5-11(12(10)14)16-20(18,19)17-6-2-3-9(7-15)8-17/h1,4-5,9,16H,2-3,6-8,15H2. The fourth-order valence-corrected chi connectivity index (χ4v) is 3.56. The number of hydrogen-bond acceptors (Lipinski definition) is 3. The third-order valence-corrected chi connectivity index (χ3v) is 4.83. The van der Waals surface area contributed by atoms with Crippen LogP contribution >= 0.6 is 0 Å². The summed E-state index contributed by atoms with van der Waals surface area (Å²) in [5.74, 6) is -2.20. The van der Waals surface area contributed by atoms with Crippen LogP contribution in [0.1, 0.15) is 12.8 Å². The first kappa shape index (κ1) is 15.1. The van der Waals surface area contributed by atoms with E-state index in [1.165, 1.54) is 16.4 Å². The van der Waals surface area contributed by atoms with E-state index in [4.69, 9.17) is 5.73 Å². The van der Waals surface area contributed by atoms with Gasteiger partial charge in [0.2, 0.25) is 0 Å². The number of benzene rings is 1. The zero-order valence-electron chi connectivity index (χ0n) is 10.9. The molecule has 1 aromatic rings. The summed E-state index contributed by atoms with van der Waals surface area (Å²) >= 11 is 0. The summed E-state index contributed by atoms with van der Waals surface area (Å²) in [4.78, 5) is 0. The minimum atomic E-state index is -3.90. The van der Waals surface area contributed by atoms with Crippen molar-refractivity contribution in [2.75, 3.05) is 24.4 Å². The van der Waals surface area contributed by atoms with Crippen molar-refractivity contribution >= 4 is 15.9 Å². The number of halogens is 2. The van der Waals surface area contributed by atoms with E-state index in [1.54, 1.807) is 0 Å². The maximum atomic E-state index is 13.5. The third kappa shape index (κ3) is 3.25. The summed E-state index contributed by atoms with van der Waals surface area (Å²) in [6.07, 6.45) is 1.57. The van der Waals surface area contributed by atoms with E-state index >= 15 is 0 Å². The van der Waals surface area contributed by atoms with Crippen molar-refractivity contribution in [2.24, 2.45) is 11.7 Å². The number of piperidine rings is 1. The van der Waals surface area contributed by atoms with Gasteiger partial charge in [-0.3, -0.25) is 4.72 Å². The van der Waals surface area contributed by atoms with E-state index in [-0.39, 0.29) is 11.6 Å². The highest BCUT2D eigenvalue weighted by molar-refractivity contribution is 7.90. The van der Waals surface area contributed by atoms with E-state index in [1.807, 2.05) is 0 Å². The fourth-order valence-electron chi connectivity index (χ4n) is 2.22. The molecule has 1 aliphatic heterocycles. The monoisotopic (exact) mass is 305 g/mol. The van der Waals surface area contributed by atoms with Crippen LogP contribution in [0.25, 0.3) is 0 Å². The quantitative estimate of drug-likeness (QED) is 0.880. The molecule has 0 aliphatic carbocycles. The number of nitrogens with two attached hydrogens (primary N) is 1. The molecule has 1 saturated heterocycles. The van der Waals surface area contributed by atoms with Gasteiger partial charge in [0.05, 0.1) is 5.69 Å². The summed E-state index contributed by atoms with van der Waals surface area (Å²) < 4.78 is 54.2. The Morgan fingerprint density at radius 1 is 1.40 bits per heavy atom. The van der Waals surface area contributed by atoms with Crippen molar-refractivity contribution in [2.45, 2.75) is 12.8 Å². The molecule has 0 radical (unpaired) electrons. The summed E-state index contributed by atoms with van der Waals surface area (Å²) in [7, 11) is -3.90. The Labute approximate surface area is 116 Å². The first-order chi connectivity index (χ1) is 9.44. The van der Waals surface area contributed by atoms with Crippen LogP contribution in [0, 0.1) is 17.6 Å². The molecule has 20 heavy (non-hydrogen) atoms. The van der Waals surface area contributed by atoms with Gasteiger partial charge in [0.25, 0.3) is 0 Å². The summed E-state index contributed by atoms with van der Waals surface area (Å²) in [6, 6.07) is 3.36. The number of hydrogen-bond donors (Lipinski definition) is 2. The lowest BCUT2D eigenvalue weighted by Crippen LogP contribution is -2.44. The highest BCUT2D eigenvalue weighted by atomic mass is 32.2. The minimum Gasteiger partial charge on any atom is -0.330 e. The first-order valence-corrected chi connectivity index (χ1v) is 7.80. The average Bonchev–Trinajstić information content (AvgIpc) is 2.44. The summed E-state index contributed by atoms with van der Waals surface area (Å²) in [5.41, 5.74) is 5.16. The molecule has 5 nitrogen and oxygen atoms in total. The van der Waals surface area contributed by atoms with Gasteiger partial charge < -0.3 is 5.73 Å². The zero-order chi connectivity index (χ0) is 14.8. The zero-order valence-corrected chi connectivity index (χ0v) is 11.7. The second-order valence-corrected chi connectivity index (χ2v) is 6.48. The largest absolute Gasteiger partial charge is 0.330 e. The molecule has 0 aromatic heterocycles. The molecule has 0 amide bonds. The molecule has 1 atom stereocenters. The summed E-state index contributed by atoms with van der Waals surface area (Å²) in [5, 5.41) is 0. The van der Waals surface area contributed by atoms with Crippen LogP contribution in [0.3, 0.4) is 0 Å². The van der Waals surface area contributed by atoms with Gasteiger partial charge in [0, 0.05) is 13.1 Å². The predicted octanol–water partition coefficient (Wildman–Crippen LogP) is 1.29. The first-order valence-electron chi connectivity index (χ1n) is 6.36. The van der Waals surface area contributed by atoms with Gasteiger partial charge in [-0.05, 0) is 37.4 Å². The molecule has 8 heteroatoms. The smallest absolute Gasteiger partial charge is 0.301 e. The number of nitrogens with one attached hydrogen (secondary N) is 1. The van der Waals surface area contributed by atoms with Crippen molar-refractivity contribution in [1.82, 2.24) is 4.31 Å². The molecule has 2 rings (SSSR count). The van der Waals surface area contributed by atoms with Gasteiger partial charge in [-0.1, -0.05) is 6.07 Å². The molecule has 3 N–H and O–H groups in total. The molecule has 1 heterocycles. The normalized spacial score (nSPS) is 20.9. The molecule has 1 fully saturated rings. The predicted molar refractivity (Wildman–Crippen MR) is 72.3 cm³/mol. The van der Waals surface area contributed by atoms with Crippen LogP contribution in [-0.4, -0.2) is 32.4 Å². The lowest BCUT2D eigenvalue weighted by atomic mass is 10.0. The van der Waals surface area contributed by atoms with Crippen LogP contribution in [0.15, 0.2) is 18.2 Å². The SMILES string of the molecule is NCC1CCCN(S(=O)(=O)Nc2cccc(F)c2F)C1. The van der Waals surface area contributed by atoms with Crippen LogP contribution in [0.4, 0.5) is 14.5 Å². The number of nitrogens with zero attached hydrogens (tertiary/aromatic N) is 1. The van der Waals surface area contributed by atoms with Gasteiger partial charge in [0.15, 0.2) is 11.6 Å². The average molecular weight is 305 g/mol. The van der Waals surface area contributed by atoms with Gasteiger partial charge in [0.1, 0.15) is 0 Å². The molecule has 0 saturated carbocycles. The molecular formula is C12H17F2N3O2S. The Bertz CT molecular complexity index is 580. The van der Waals surface area contributed by atoms with Crippen LogP contribution in [0.2, 0.25) is 0 Å². The van der Waals surface area contributed by atoms with Gasteiger partial charge >= 0.3 is 10.2 Å². The second kappa shape index (κ2) is 6.02. The Hall–Kier alpha value is -1.25. The molecule has 112 valence electrons. The van der Waals surface area contributed by atoms with E-state index in [0.29, 0.717) is 26.1 Å². The number of rotatable bonds is 4. The lowest BCUT2D eigenvalue weighted by Gasteiger charge is -2.31. The van der Waals surface area contributed by atoms with Gasteiger partial charge in [-0.25, -0.2) is 8.78 Å². The van der Waals surface area contributed by atoms with Crippen molar-refractivity contribution in [3.63, 3.8) is 0 Å². The minimum absolute atomic E-state index is 0.0951. The van der Waals surface area contributed by atoms with E-state index in [2.05, 4.69) is 4.72 Å². The topological polar surface area (TPSA) is 75.4 Å². The highest BCUT2D eigenvalue weighted by Gasteiger charge is 2.29. The van der Waals surface area contributed by atoms with Crippen LogP contribution < -0.4 is 10.5 Å². The second-order valence-electron chi connectivity index (χ2n) is 4.81. The third-order valence-electron chi connectivity index (χ3n) is 3.35. The van der Waals surface area contributed by atoms with Crippen molar-refractivity contribution in [3.05, 3.63) is 29.8 Å². The maximum absolute atomic E-state index is 13.5. The lowest BCUT2D eigenvalue weighted by molar-refractivity contribution is 0.272. The summed E-state index contributed by atoms with van der Waals surface area (Å²) in [6.45, 7) is 1.05. The Morgan fingerprint density at radius 3 is 2.85 bits per heavy atom. The molecule has 1 aromatic carbocycles. The Kier molecular flexibility index (Phi) is 4.56. The Balaban J connectivity index is 2.16. The molecule has 0 spiro atoms. The van der Waals surface area contributed by atoms with E-state index < -0.39 is 21.8 Å². The van der Waals surface area contributed by atoms with Crippen LogP contribution in [0.5, 0.6) is 0 Å². The maximum Gasteiger partial charge on any atom is 0.301 e. The fraction of sp³-hybridized carbons (Fsp3) is 0.500. The van der Waals surface area contributed by atoms with Crippen LogP contribution in [-0.2, 0) is 10.2 Å². The highest BCUT2D eigenvalue weighted by Crippen LogP contribution is 2.22. The molecule has 1 aliphatic rings. The van der Waals surface area contributed by atoms with Crippen molar-refractivity contribution in [1.29, 1.82) is 0 Å². The molecular weight excluding hydrogens is 288 g/mol. The van der Waals surface area contributed by atoms with Crippen molar-refractivity contribution in [3.8, 4) is 0 Å².